The van der Waals surface area contributed by atoms with Crippen molar-refractivity contribution in [2.45, 2.75) is 0 Å². The number of rotatable bonds is 5. The first-order chi connectivity index (χ1) is 13.4. The van der Waals surface area contributed by atoms with E-state index in [1.165, 1.54) is 0 Å². The van der Waals surface area contributed by atoms with Gasteiger partial charge in [-0.2, -0.15) is 10.2 Å². The molecule has 10 heteroatoms. The summed E-state index contributed by atoms with van der Waals surface area (Å²) in [4.78, 5) is 12.3. The molecule has 0 aromatic carbocycles. The summed E-state index contributed by atoms with van der Waals surface area (Å²) in [6, 6.07) is 11.1. The third kappa shape index (κ3) is 6.03. The van der Waals surface area contributed by atoms with Crippen molar-refractivity contribution < 1.29 is 0 Å². The average molecular weight is 415 g/mol. The van der Waals surface area contributed by atoms with Gasteiger partial charge in [0.25, 0.3) is 0 Å². The number of nitrogens with one attached hydrogen (secondary N) is 2. The number of hydrazone groups is 2. The highest BCUT2D eigenvalue weighted by Gasteiger charge is 2.18. The lowest BCUT2D eigenvalue weighted by Crippen LogP contribution is -2.35. The predicted molar refractivity (Wildman–Crippen MR) is 120 cm³/mol. The van der Waals surface area contributed by atoms with Crippen molar-refractivity contribution >= 4 is 46.1 Å². The Labute approximate surface area is 175 Å². The number of hydrogen-bond donors (Lipinski definition) is 2. The molecule has 0 bridgehead atoms. The molecule has 0 amide bonds. The van der Waals surface area contributed by atoms with Gasteiger partial charge in [-0.05, 0) is 48.7 Å². The summed E-state index contributed by atoms with van der Waals surface area (Å²) < 4.78 is 0. The van der Waals surface area contributed by atoms with Gasteiger partial charge >= 0.3 is 0 Å². The summed E-state index contributed by atoms with van der Waals surface area (Å²) in [6.45, 7) is 0. The molecule has 2 aromatic heterocycles. The van der Waals surface area contributed by atoms with Gasteiger partial charge in [0.05, 0.1) is 11.4 Å². The van der Waals surface area contributed by atoms with Crippen molar-refractivity contribution in [3.05, 3.63) is 60.2 Å². The predicted octanol–water partition coefficient (Wildman–Crippen LogP) is 1.46. The second-order valence-corrected chi connectivity index (χ2v) is 6.75. The third-order valence-electron chi connectivity index (χ3n) is 3.38. The molecule has 0 aliphatic rings. The van der Waals surface area contributed by atoms with E-state index in [4.69, 9.17) is 24.4 Å². The van der Waals surface area contributed by atoms with Crippen molar-refractivity contribution in [2.75, 3.05) is 28.2 Å². The first kappa shape index (κ1) is 21.3. The molecule has 0 saturated carbocycles. The Balaban J connectivity index is 2.54. The zero-order valence-electron chi connectivity index (χ0n) is 16.1. The molecule has 0 fully saturated rings. The van der Waals surface area contributed by atoms with Gasteiger partial charge in [-0.15, -0.1) is 0 Å². The first-order valence-corrected chi connectivity index (χ1v) is 9.15. The molecule has 146 valence electrons. The van der Waals surface area contributed by atoms with Gasteiger partial charge in [0.1, 0.15) is 11.4 Å². The summed E-state index contributed by atoms with van der Waals surface area (Å²) in [5, 5.41) is 9.84. The molecule has 0 radical (unpaired) electrons. The molecule has 28 heavy (non-hydrogen) atoms. The van der Waals surface area contributed by atoms with Crippen LogP contribution in [0.5, 0.6) is 0 Å². The van der Waals surface area contributed by atoms with Crippen molar-refractivity contribution in [1.82, 2.24) is 30.6 Å². The summed E-state index contributed by atoms with van der Waals surface area (Å²) in [6.07, 6.45) is 3.37. The van der Waals surface area contributed by atoms with Crippen LogP contribution in [0.25, 0.3) is 0 Å². The molecule has 8 nitrogen and oxygen atoms in total. The second-order valence-electron chi connectivity index (χ2n) is 5.97. The van der Waals surface area contributed by atoms with Gasteiger partial charge in [-0.3, -0.25) is 20.8 Å². The minimum atomic E-state index is 0.450. The maximum absolute atomic E-state index is 5.28. The second kappa shape index (κ2) is 10.4. The van der Waals surface area contributed by atoms with Crippen LogP contribution in [-0.2, 0) is 0 Å². The van der Waals surface area contributed by atoms with E-state index < -0.39 is 0 Å². The quantitative estimate of drug-likeness (QED) is 0.432. The minimum Gasteiger partial charge on any atom is -0.354 e. The number of pyridine rings is 2. The zero-order chi connectivity index (χ0) is 20.5. The van der Waals surface area contributed by atoms with E-state index in [2.05, 4.69) is 31.0 Å². The number of thiocarbonyl (C=S) groups is 2. The molecule has 0 atom stereocenters. The summed E-state index contributed by atoms with van der Waals surface area (Å²) >= 11 is 10.6. The molecule has 0 saturated heterocycles. The van der Waals surface area contributed by atoms with Crippen molar-refractivity contribution in [1.29, 1.82) is 0 Å². The van der Waals surface area contributed by atoms with Crippen LogP contribution in [0.2, 0.25) is 0 Å². The zero-order valence-corrected chi connectivity index (χ0v) is 17.8. The molecular weight excluding hydrogens is 392 g/mol. The maximum Gasteiger partial charge on any atom is 0.189 e. The number of nitrogens with zero attached hydrogens (tertiary/aromatic N) is 6. The van der Waals surface area contributed by atoms with Crippen LogP contribution in [0.15, 0.2) is 59.0 Å². The Kier molecular flexibility index (Phi) is 7.90. The lowest BCUT2D eigenvalue weighted by atomic mass is 10.1. The van der Waals surface area contributed by atoms with E-state index in [0.29, 0.717) is 33.0 Å². The monoisotopic (exact) mass is 414 g/mol. The molecule has 0 aliphatic heterocycles. The van der Waals surface area contributed by atoms with Crippen molar-refractivity contribution in [3.63, 3.8) is 0 Å². The van der Waals surface area contributed by atoms with Crippen LogP contribution in [0.4, 0.5) is 0 Å². The molecule has 2 N–H and O–H groups in total. The van der Waals surface area contributed by atoms with Crippen LogP contribution in [0.3, 0.4) is 0 Å². The van der Waals surface area contributed by atoms with E-state index in [1.807, 2.05) is 64.6 Å². The summed E-state index contributed by atoms with van der Waals surface area (Å²) in [5.41, 5.74) is 7.89. The Morgan fingerprint density at radius 2 is 1.14 bits per heavy atom. The SMILES string of the molecule is CN(C)C(=S)N/N=C(/C(=N/NC(=S)N(C)C)c1ccccn1)c1ccccn1. The van der Waals surface area contributed by atoms with Gasteiger partial charge < -0.3 is 9.80 Å². The fraction of sp³-hybridized carbons (Fsp3) is 0.222. The molecular formula is C18H22N8S2. The van der Waals surface area contributed by atoms with Gasteiger partial charge in [-0.25, -0.2) is 0 Å². The molecule has 2 heterocycles. The van der Waals surface area contributed by atoms with E-state index in [1.54, 1.807) is 22.2 Å². The fourth-order valence-corrected chi connectivity index (χ4v) is 1.97. The molecule has 0 unspecified atom stereocenters. The van der Waals surface area contributed by atoms with E-state index in [0.717, 1.165) is 0 Å². The smallest absolute Gasteiger partial charge is 0.189 e. The Morgan fingerprint density at radius 1 is 0.750 bits per heavy atom. The lowest BCUT2D eigenvalue weighted by molar-refractivity contribution is 0.605. The molecule has 2 aromatic rings. The van der Waals surface area contributed by atoms with Crippen LogP contribution in [0.1, 0.15) is 11.4 Å². The van der Waals surface area contributed by atoms with Crippen LogP contribution < -0.4 is 10.9 Å². The van der Waals surface area contributed by atoms with Crippen LogP contribution in [-0.4, -0.2) is 69.6 Å². The van der Waals surface area contributed by atoms with E-state index in [-0.39, 0.29) is 0 Å². The van der Waals surface area contributed by atoms with Gasteiger partial charge in [-0.1, -0.05) is 12.1 Å². The minimum absolute atomic E-state index is 0.450. The van der Waals surface area contributed by atoms with Crippen molar-refractivity contribution in [2.24, 2.45) is 10.2 Å². The van der Waals surface area contributed by atoms with Gasteiger partial charge in [0.15, 0.2) is 10.2 Å². The topological polar surface area (TPSA) is 81.0 Å². The Bertz CT molecular complexity index is 790. The Hall–Kier alpha value is -2.98. The summed E-state index contributed by atoms with van der Waals surface area (Å²) in [5.74, 6) is 0. The number of aromatic nitrogens is 2. The molecule has 0 spiro atoms. The van der Waals surface area contributed by atoms with E-state index >= 15 is 0 Å². The summed E-state index contributed by atoms with van der Waals surface area (Å²) in [7, 11) is 7.32. The highest BCUT2D eigenvalue weighted by atomic mass is 32.1. The van der Waals surface area contributed by atoms with Gasteiger partial charge in [0, 0.05) is 40.6 Å². The van der Waals surface area contributed by atoms with Crippen molar-refractivity contribution in [3.8, 4) is 0 Å². The largest absolute Gasteiger partial charge is 0.354 e. The third-order valence-corrected chi connectivity index (χ3v) is 4.29. The molecule has 0 aliphatic carbocycles. The standard InChI is InChI=1S/C18H22N8S2/c1-25(2)17(27)23-21-15(13-9-5-7-11-19-13)16(14-10-6-8-12-20-14)22-24-18(28)26(3)4/h5-12H,1-4H3,(H,23,27)(H,24,28)/b21-15+,22-16+. The number of hydrogen-bond acceptors (Lipinski definition) is 6. The lowest BCUT2D eigenvalue weighted by Gasteiger charge is -2.16. The van der Waals surface area contributed by atoms with E-state index in [9.17, 15) is 0 Å². The maximum atomic E-state index is 5.28. The normalized spacial score (nSPS) is 11.6. The van der Waals surface area contributed by atoms with Gasteiger partial charge in [0.2, 0.25) is 0 Å². The first-order valence-electron chi connectivity index (χ1n) is 8.33. The van der Waals surface area contributed by atoms with Crippen LogP contribution >= 0.6 is 24.4 Å². The van der Waals surface area contributed by atoms with Crippen LogP contribution in [0, 0.1) is 0 Å². The average Bonchev–Trinajstić information content (AvgIpc) is 2.71. The molecule has 2 rings (SSSR count). The highest BCUT2D eigenvalue weighted by Crippen LogP contribution is 2.06. The highest BCUT2D eigenvalue weighted by molar-refractivity contribution is 7.80. The fourth-order valence-electron chi connectivity index (χ4n) is 1.88. The Morgan fingerprint density at radius 3 is 1.43 bits per heavy atom.